The number of anilines is 2. The number of nitrogens with one attached hydrogen (secondary N) is 2. The lowest BCUT2D eigenvalue weighted by molar-refractivity contribution is 0.490. The largest absolute Gasteiger partial charge is 0.352 e. The van der Waals surface area contributed by atoms with Gasteiger partial charge < -0.3 is 5.32 Å². The lowest BCUT2D eigenvalue weighted by atomic mass is 9.95. The fraction of sp³-hybridized carbons (Fsp3) is 0.154. The van der Waals surface area contributed by atoms with Gasteiger partial charge in [0, 0.05) is 17.8 Å². The molecule has 0 radical (unpaired) electrons. The van der Waals surface area contributed by atoms with Gasteiger partial charge >= 0.3 is 0 Å². The summed E-state index contributed by atoms with van der Waals surface area (Å²) in [4.78, 5) is 22.8. The van der Waals surface area contributed by atoms with Gasteiger partial charge in [0.15, 0.2) is 11.6 Å². The van der Waals surface area contributed by atoms with Crippen LogP contribution in [0.5, 0.6) is 0 Å². The van der Waals surface area contributed by atoms with E-state index >= 15 is 0 Å². The average molecular weight is 432 g/mol. The summed E-state index contributed by atoms with van der Waals surface area (Å²) in [6.07, 6.45) is 0. The summed E-state index contributed by atoms with van der Waals surface area (Å²) >= 11 is 0. The second kappa shape index (κ2) is 8.85. The fourth-order valence-corrected chi connectivity index (χ4v) is 3.63. The van der Waals surface area contributed by atoms with Gasteiger partial charge in [-0.05, 0) is 54.8 Å². The van der Waals surface area contributed by atoms with Gasteiger partial charge in [0.2, 0.25) is 10.9 Å². The highest BCUT2D eigenvalue weighted by molar-refractivity contribution is 5.62. The Hall–Kier alpha value is -3.64. The van der Waals surface area contributed by atoms with Crippen LogP contribution in [0.4, 0.5) is 20.2 Å². The van der Waals surface area contributed by atoms with Crippen molar-refractivity contribution in [3.63, 3.8) is 0 Å². The first kappa shape index (κ1) is 21.6. The molecule has 6 heteroatoms. The first-order valence-electron chi connectivity index (χ1n) is 10.3. The molecule has 0 saturated carbocycles. The van der Waals surface area contributed by atoms with Gasteiger partial charge in [-0.2, -0.15) is 0 Å². The van der Waals surface area contributed by atoms with Crippen molar-refractivity contribution in [3.8, 4) is 0 Å². The molecular weight excluding hydrogens is 410 g/mol. The minimum Gasteiger partial charge on any atom is -0.352 e. The summed E-state index contributed by atoms with van der Waals surface area (Å²) < 4.78 is 27.1. The van der Waals surface area contributed by atoms with Gasteiger partial charge in [-0.1, -0.05) is 48.0 Å². The van der Waals surface area contributed by atoms with Crippen LogP contribution in [0, 0.1) is 18.6 Å². The topological polar surface area (TPSA) is 58.2 Å². The highest BCUT2D eigenvalue weighted by atomic mass is 19.2. The van der Waals surface area contributed by atoms with Crippen molar-refractivity contribution >= 4 is 11.4 Å². The minimum atomic E-state index is -0.887. The Kier molecular flexibility index (Phi) is 5.97. The molecule has 0 aliphatic heterocycles. The molecule has 0 heterocycles. The van der Waals surface area contributed by atoms with Crippen molar-refractivity contribution in [2.75, 3.05) is 5.32 Å². The number of hydrogen-bond acceptors (Lipinski definition) is 4. The predicted molar refractivity (Wildman–Crippen MR) is 122 cm³/mol. The first-order chi connectivity index (χ1) is 15.3. The third-order valence-corrected chi connectivity index (χ3v) is 5.51. The molecule has 0 aromatic heterocycles. The highest BCUT2D eigenvalue weighted by Crippen LogP contribution is 2.29. The monoisotopic (exact) mass is 432 g/mol. The zero-order chi connectivity index (χ0) is 22.8. The Balaban J connectivity index is 1.66. The van der Waals surface area contributed by atoms with Crippen LogP contribution in [-0.4, -0.2) is 0 Å². The molecule has 2 N–H and O–H groups in total. The Morgan fingerprint density at radius 1 is 0.781 bits per heavy atom. The number of hydrogen-bond donors (Lipinski definition) is 2. The van der Waals surface area contributed by atoms with E-state index in [2.05, 4.69) is 10.6 Å². The van der Waals surface area contributed by atoms with Crippen LogP contribution in [0.1, 0.15) is 41.3 Å². The van der Waals surface area contributed by atoms with Crippen molar-refractivity contribution in [2.45, 2.75) is 25.9 Å². The number of rotatable bonds is 7. The molecule has 2 atom stereocenters. The summed E-state index contributed by atoms with van der Waals surface area (Å²) in [5.74, 6) is -1.77. The van der Waals surface area contributed by atoms with Gasteiger partial charge in [0.1, 0.15) is 0 Å². The Morgan fingerprint density at radius 2 is 1.50 bits per heavy atom. The van der Waals surface area contributed by atoms with Crippen molar-refractivity contribution in [3.05, 3.63) is 127 Å². The second-order valence-electron chi connectivity index (χ2n) is 7.91. The molecule has 162 valence electrons. The molecule has 2 unspecified atom stereocenters. The molecule has 0 fully saturated rings. The highest BCUT2D eigenvalue weighted by Gasteiger charge is 2.19. The summed E-state index contributed by atoms with van der Waals surface area (Å²) in [5, 5.41) is 6.49. The Morgan fingerprint density at radius 3 is 2.16 bits per heavy atom. The van der Waals surface area contributed by atoms with Gasteiger partial charge in [-0.15, -0.1) is 0 Å². The van der Waals surface area contributed by atoms with E-state index in [0.29, 0.717) is 11.3 Å². The van der Waals surface area contributed by atoms with E-state index in [9.17, 15) is 18.4 Å². The van der Waals surface area contributed by atoms with Crippen LogP contribution in [0.2, 0.25) is 0 Å². The normalized spacial score (nSPS) is 13.1. The SMILES string of the molecule is Cc1ccc(C(NC(C)c2ccc(F)c(F)c2)c2cccc(Nc3cc(=O)c3=O)c2)cc1. The molecule has 4 nitrogen and oxygen atoms in total. The van der Waals surface area contributed by atoms with E-state index in [1.165, 1.54) is 12.1 Å². The molecule has 0 saturated heterocycles. The molecule has 0 amide bonds. The molecular formula is C26H22F2N2O2. The van der Waals surface area contributed by atoms with Crippen LogP contribution < -0.4 is 21.5 Å². The van der Waals surface area contributed by atoms with Gasteiger partial charge in [-0.25, -0.2) is 8.78 Å². The number of benzene rings is 3. The summed E-state index contributed by atoms with van der Waals surface area (Å²) in [7, 11) is 0. The van der Waals surface area contributed by atoms with Crippen LogP contribution >= 0.6 is 0 Å². The third-order valence-electron chi connectivity index (χ3n) is 5.51. The van der Waals surface area contributed by atoms with Crippen molar-refractivity contribution in [2.24, 2.45) is 0 Å². The van der Waals surface area contributed by atoms with Gasteiger partial charge in [0.25, 0.3) is 0 Å². The zero-order valence-corrected chi connectivity index (χ0v) is 17.7. The lowest BCUT2D eigenvalue weighted by Gasteiger charge is -2.25. The van der Waals surface area contributed by atoms with Crippen molar-refractivity contribution < 1.29 is 8.78 Å². The minimum absolute atomic E-state index is 0.256. The summed E-state index contributed by atoms with van der Waals surface area (Å²) in [6, 6.07) is 20.2. The molecule has 4 aromatic carbocycles. The van der Waals surface area contributed by atoms with E-state index in [0.717, 1.165) is 22.8 Å². The van der Waals surface area contributed by atoms with Crippen LogP contribution in [0.3, 0.4) is 0 Å². The molecule has 0 aliphatic rings. The van der Waals surface area contributed by atoms with E-state index in [1.54, 1.807) is 6.07 Å². The fourth-order valence-electron chi connectivity index (χ4n) is 3.63. The maximum absolute atomic E-state index is 13.8. The maximum Gasteiger partial charge on any atom is 0.249 e. The zero-order valence-electron chi connectivity index (χ0n) is 17.7. The second-order valence-corrected chi connectivity index (χ2v) is 7.91. The maximum atomic E-state index is 13.8. The standard InChI is InChI=1S/C26H22F2N2O2/c1-15-6-8-17(9-7-15)25(29-16(2)18-10-11-21(27)22(28)13-18)19-4-3-5-20(12-19)30-23-14-24(31)26(23)32/h3-14,16,25,29-30H,1-2H3. The smallest absolute Gasteiger partial charge is 0.249 e. The molecule has 4 aromatic rings. The van der Waals surface area contributed by atoms with E-state index in [1.807, 2.05) is 62.4 Å². The van der Waals surface area contributed by atoms with Crippen LogP contribution in [-0.2, 0) is 0 Å². The number of halogens is 2. The third kappa shape index (κ3) is 4.50. The average Bonchev–Trinajstić information content (AvgIpc) is 2.79. The Bertz CT molecular complexity index is 1320. The van der Waals surface area contributed by atoms with E-state index in [-0.39, 0.29) is 17.8 Å². The van der Waals surface area contributed by atoms with Crippen molar-refractivity contribution in [1.29, 1.82) is 0 Å². The number of aryl methyl sites for hydroxylation is 1. The summed E-state index contributed by atoms with van der Waals surface area (Å²) in [5.41, 5.74) is 3.55. The first-order valence-corrected chi connectivity index (χ1v) is 10.3. The molecule has 4 rings (SSSR count). The predicted octanol–water partition coefficient (Wildman–Crippen LogP) is 5.05. The molecule has 32 heavy (non-hydrogen) atoms. The van der Waals surface area contributed by atoms with Crippen LogP contribution in [0.25, 0.3) is 0 Å². The van der Waals surface area contributed by atoms with E-state index < -0.39 is 22.5 Å². The Labute approximate surface area is 184 Å². The quantitative estimate of drug-likeness (QED) is 0.401. The molecule has 0 spiro atoms. The molecule has 0 aliphatic carbocycles. The van der Waals surface area contributed by atoms with Gasteiger partial charge in [-0.3, -0.25) is 14.9 Å². The van der Waals surface area contributed by atoms with E-state index in [4.69, 9.17) is 0 Å². The lowest BCUT2D eigenvalue weighted by Crippen LogP contribution is -2.31. The van der Waals surface area contributed by atoms with Crippen molar-refractivity contribution in [1.82, 2.24) is 5.32 Å². The summed E-state index contributed by atoms with van der Waals surface area (Å²) in [6.45, 7) is 3.89. The van der Waals surface area contributed by atoms with Crippen LogP contribution in [0.15, 0.2) is 82.4 Å². The van der Waals surface area contributed by atoms with Gasteiger partial charge in [0.05, 0.1) is 11.7 Å². The molecule has 0 bridgehead atoms.